The Kier molecular flexibility index (Phi) is 3.90. The molecular weight excluding hydrogens is 274 g/mol. The molecule has 21 heavy (non-hydrogen) atoms. The number of carboxylic acid groups (broad SMARTS) is 1. The Morgan fingerprint density at radius 3 is 2.62 bits per heavy atom. The van der Waals surface area contributed by atoms with E-state index in [-0.39, 0.29) is 12.5 Å². The van der Waals surface area contributed by atoms with Gasteiger partial charge >= 0.3 is 5.97 Å². The van der Waals surface area contributed by atoms with Crippen LogP contribution in [0.3, 0.4) is 0 Å². The summed E-state index contributed by atoms with van der Waals surface area (Å²) in [5, 5.41) is 9.42. The first-order chi connectivity index (χ1) is 10.2. The lowest BCUT2D eigenvalue weighted by atomic mass is 9.93. The van der Waals surface area contributed by atoms with E-state index in [1.807, 2.05) is 24.3 Å². The molecule has 0 aliphatic carbocycles. The highest BCUT2D eigenvalue weighted by Gasteiger charge is 2.38. The molecule has 1 fully saturated rings. The lowest BCUT2D eigenvalue weighted by Crippen LogP contribution is -2.54. The summed E-state index contributed by atoms with van der Waals surface area (Å²) < 4.78 is 10.6. The van der Waals surface area contributed by atoms with Crippen molar-refractivity contribution in [2.75, 3.05) is 19.8 Å². The minimum absolute atomic E-state index is 0.184. The molecule has 0 radical (unpaired) electrons. The molecule has 0 aromatic heterocycles. The SMILES string of the molecule is O=C(O)[C@H]1Cc2ccccc2CN1C(=O)[C@@H]1COCCO1. The van der Waals surface area contributed by atoms with Crippen molar-refractivity contribution in [2.24, 2.45) is 0 Å². The standard InChI is InChI=1S/C15H17NO5/c17-14(13-9-20-5-6-21-13)16-8-11-4-2-1-3-10(11)7-12(16)15(18)19/h1-4,12-13H,5-9H2,(H,18,19)/t12-,13+/m1/s1. The van der Waals surface area contributed by atoms with Crippen LogP contribution in [0.4, 0.5) is 0 Å². The third-order valence-electron chi connectivity index (χ3n) is 3.91. The van der Waals surface area contributed by atoms with Gasteiger partial charge in [-0.15, -0.1) is 0 Å². The summed E-state index contributed by atoms with van der Waals surface area (Å²) in [6, 6.07) is 6.76. The van der Waals surface area contributed by atoms with Gasteiger partial charge in [0.15, 0.2) is 6.10 Å². The van der Waals surface area contributed by atoms with Crippen molar-refractivity contribution in [1.82, 2.24) is 4.90 Å². The minimum Gasteiger partial charge on any atom is -0.480 e. The fourth-order valence-corrected chi connectivity index (χ4v) is 2.79. The van der Waals surface area contributed by atoms with E-state index in [1.54, 1.807) is 0 Å². The van der Waals surface area contributed by atoms with Gasteiger partial charge in [-0.2, -0.15) is 0 Å². The number of carbonyl (C=O) groups is 2. The highest BCUT2D eigenvalue weighted by molar-refractivity contribution is 5.87. The first-order valence-corrected chi connectivity index (χ1v) is 6.96. The summed E-state index contributed by atoms with van der Waals surface area (Å²) in [5.74, 6) is -1.30. The lowest BCUT2D eigenvalue weighted by Gasteiger charge is -2.37. The van der Waals surface area contributed by atoms with Crippen LogP contribution < -0.4 is 0 Å². The monoisotopic (exact) mass is 291 g/mol. The first-order valence-electron chi connectivity index (χ1n) is 6.96. The molecule has 1 saturated heterocycles. The number of benzene rings is 1. The topological polar surface area (TPSA) is 76.1 Å². The zero-order valence-electron chi connectivity index (χ0n) is 11.5. The molecule has 6 nitrogen and oxygen atoms in total. The molecule has 0 saturated carbocycles. The summed E-state index contributed by atoms with van der Waals surface area (Å²) in [7, 11) is 0. The van der Waals surface area contributed by atoms with Crippen LogP contribution in [-0.2, 0) is 32.0 Å². The molecule has 0 spiro atoms. The highest BCUT2D eigenvalue weighted by Crippen LogP contribution is 2.25. The van der Waals surface area contributed by atoms with E-state index in [0.717, 1.165) is 11.1 Å². The fourth-order valence-electron chi connectivity index (χ4n) is 2.79. The molecule has 1 N–H and O–H groups in total. The quantitative estimate of drug-likeness (QED) is 0.855. The second-order valence-electron chi connectivity index (χ2n) is 5.23. The molecule has 0 bridgehead atoms. The first kappa shape index (κ1) is 14.0. The lowest BCUT2D eigenvalue weighted by molar-refractivity contribution is -0.166. The molecule has 2 heterocycles. The molecule has 112 valence electrons. The molecule has 1 aromatic rings. The van der Waals surface area contributed by atoms with E-state index >= 15 is 0 Å². The van der Waals surface area contributed by atoms with E-state index in [9.17, 15) is 14.7 Å². The predicted molar refractivity (Wildman–Crippen MR) is 72.7 cm³/mol. The second-order valence-corrected chi connectivity index (χ2v) is 5.23. The summed E-state index contributed by atoms with van der Waals surface area (Å²) in [6.45, 7) is 1.31. The van der Waals surface area contributed by atoms with Gasteiger partial charge in [0.05, 0.1) is 19.8 Å². The largest absolute Gasteiger partial charge is 0.480 e. The van der Waals surface area contributed by atoms with Gasteiger partial charge in [0.2, 0.25) is 0 Å². The number of nitrogens with zero attached hydrogens (tertiary/aromatic N) is 1. The van der Waals surface area contributed by atoms with Crippen molar-refractivity contribution in [1.29, 1.82) is 0 Å². The number of hydrogen-bond acceptors (Lipinski definition) is 4. The van der Waals surface area contributed by atoms with E-state index < -0.39 is 18.1 Å². The number of carboxylic acids is 1. The van der Waals surface area contributed by atoms with Gasteiger partial charge < -0.3 is 19.5 Å². The Labute approximate surface area is 122 Å². The molecule has 3 rings (SSSR count). The summed E-state index contributed by atoms with van der Waals surface area (Å²) in [6.07, 6.45) is -0.379. The highest BCUT2D eigenvalue weighted by atomic mass is 16.6. The van der Waals surface area contributed by atoms with Gasteiger partial charge in [0.25, 0.3) is 5.91 Å². The predicted octanol–water partition coefficient (Wildman–Crippen LogP) is 0.440. The molecule has 2 aliphatic rings. The smallest absolute Gasteiger partial charge is 0.326 e. The van der Waals surface area contributed by atoms with Crippen molar-refractivity contribution in [3.8, 4) is 0 Å². The maximum atomic E-state index is 12.5. The van der Waals surface area contributed by atoms with Gasteiger partial charge in [0.1, 0.15) is 6.04 Å². The number of fused-ring (bicyclic) bond motifs is 1. The van der Waals surface area contributed by atoms with E-state index in [4.69, 9.17) is 9.47 Å². The number of hydrogen-bond donors (Lipinski definition) is 1. The Balaban J connectivity index is 1.85. The second kappa shape index (κ2) is 5.83. The van der Waals surface area contributed by atoms with Crippen LogP contribution in [0.15, 0.2) is 24.3 Å². The summed E-state index contributed by atoms with van der Waals surface area (Å²) >= 11 is 0. The Morgan fingerprint density at radius 2 is 1.95 bits per heavy atom. The number of amides is 1. The number of carbonyl (C=O) groups excluding carboxylic acids is 1. The van der Waals surface area contributed by atoms with Gasteiger partial charge in [-0.05, 0) is 11.1 Å². The average molecular weight is 291 g/mol. The maximum Gasteiger partial charge on any atom is 0.326 e. The number of rotatable bonds is 2. The maximum absolute atomic E-state index is 12.5. The van der Waals surface area contributed by atoms with Crippen molar-refractivity contribution < 1.29 is 24.2 Å². The number of ether oxygens (including phenoxy) is 2. The Hall–Kier alpha value is -1.92. The zero-order valence-corrected chi connectivity index (χ0v) is 11.5. The van der Waals surface area contributed by atoms with Crippen LogP contribution in [0.2, 0.25) is 0 Å². The van der Waals surface area contributed by atoms with Crippen molar-refractivity contribution in [3.05, 3.63) is 35.4 Å². The van der Waals surface area contributed by atoms with Crippen molar-refractivity contribution >= 4 is 11.9 Å². The average Bonchev–Trinajstić information content (AvgIpc) is 2.53. The van der Waals surface area contributed by atoms with E-state index in [1.165, 1.54) is 4.90 Å². The number of aliphatic carboxylic acids is 1. The summed E-state index contributed by atoms with van der Waals surface area (Å²) in [5.41, 5.74) is 1.97. The molecule has 2 atom stereocenters. The minimum atomic E-state index is -0.991. The summed E-state index contributed by atoms with van der Waals surface area (Å²) in [4.78, 5) is 25.4. The van der Waals surface area contributed by atoms with Crippen molar-refractivity contribution in [2.45, 2.75) is 25.1 Å². The van der Waals surface area contributed by atoms with Gasteiger partial charge in [-0.1, -0.05) is 24.3 Å². The molecule has 2 aliphatic heterocycles. The van der Waals surface area contributed by atoms with E-state index in [2.05, 4.69) is 0 Å². The van der Waals surface area contributed by atoms with Gasteiger partial charge in [-0.3, -0.25) is 4.79 Å². The molecule has 1 amide bonds. The Bertz CT molecular complexity index is 553. The van der Waals surface area contributed by atoms with Crippen LogP contribution in [0.25, 0.3) is 0 Å². The molecular formula is C15H17NO5. The van der Waals surface area contributed by atoms with Crippen LogP contribution in [0, 0.1) is 0 Å². The third kappa shape index (κ3) is 2.77. The fraction of sp³-hybridized carbons (Fsp3) is 0.467. The van der Waals surface area contributed by atoms with Crippen LogP contribution in [0.1, 0.15) is 11.1 Å². The van der Waals surface area contributed by atoms with Crippen LogP contribution in [-0.4, -0.2) is 53.8 Å². The normalized spacial score (nSPS) is 25.2. The third-order valence-corrected chi connectivity index (χ3v) is 3.91. The van der Waals surface area contributed by atoms with Crippen LogP contribution >= 0.6 is 0 Å². The molecule has 6 heteroatoms. The van der Waals surface area contributed by atoms with Gasteiger partial charge in [0, 0.05) is 13.0 Å². The van der Waals surface area contributed by atoms with E-state index in [0.29, 0.717) is 26.2 Å². The van der Waals surface area contributed by atoms with Gasteiger partial charge in [-0.25, -0.2) is 4.79 Å². The Morgan fingerprint density at radius 1 is 1.19 bits per heavy atom. The van der Waals surface area contributed by atoms with Crippen molar-refractivity contribution in [3.63, 3.8) is 0 Å². The molecule has 1 aromatic carbocycles. The zero-order chi connectivity index (χ0) is 14.8. The van der Waals surface area contributed by atoms with Crippen LogP contribution in [0.5, 0.6) is 0 Å². The molecule has 0 unspecified atom stereocenters.